The molecule has 0 saturated heterocycles. The van der Waals surface area contributed by atoms with Crippen molar-refractivity contribution >= 4 is 15.7 Å². The zero-order chi connectivity index (χ0) is 19.2. The van der Waals surface area contributed by atoms with Crippen LogP contribution < -0.4 is 4.72 Å². The van der Waals surface area contributed by atoms with Gasteiger partial charge in [-0.3, -0.25) is 10.1 Å². The Hall–Kier alpha value is -2.29. The lowest BCUT2D eigenvalue weighted by molar-refractivity contribution is -0.385. The standard InChI is InChI=1S/C18H22N2O5S/c1-14-7-8-17(20(22)23)13-18(14)26(24,25)19-11-9-16(10-12-21)15-5-3-2-4-6-15/h2-8,13,16,19,21H,9-12H2,1H3. The quantitative estimate of drug-likeness (QED) is 0.515. The summed E-state index contributed by atoms with van der Waals surface area (Å²) in [5, 5.41) is 20.1. The Balaban J connectivity index is 2.10. The zero-order valence-electron chi connectivity index (χ0n) is 14.5. The molecule has 2 aromatic rings. The Morgan fingerprint density at radius 3 is 2.46 bits per heavy atom. The van der Waals surface area contributed by atoms with Crippen LogP contribution >= 0.6 is 0 Å². The summed E-state index contributed by atoms with van der Waals surface area (Å²) in [4.78, 5) is 10.2. The molecule has 7 nitrogen and oxygen atoms in total. The van der Waals surface area contributed by atoms with E-state index in [0.717, 1.165) is 11.6 Å². The Morgan fingerprint density at radius 1 is 1.15 bits per heavy atom. The van der Waals surface area contributed by atoms with Gasteiger partial charge in [-0.15, -0.1) is 0 Å². The van der Waals surface area contributed by atoms with Crippen LogP contribution in [0.15, 0.2) is 53.4 Å². The Labute approximate surface area is 152 Å². The summed E-state index contributed by atoms with van der Waals surface area (Å²) < 4.78 is 27.6. The number of benzene rings is 2. The third-order valence-corrected chi connectivity index (χ3v) is 5.81. The molecule has 0 aliphatic heterocycles. The number of aryl methyl sites for hydroxylation is 1. The average molecular weight is 378 g/mol. The molecule has 2 N–H and O–H groups in total. The number of nitro benzene ring substituents is 1. The first-order chi connectivity index (χ1) is 12.3. The summed E-state index contributed by atoms with van der Waals surface area (Å²) in [6.07, 6.45) is 1.04. The molecule has 2 aromatic carbocycles. The van der Waals surface area contributed by atoms with Gasteiger partial charge in [0.25, 0.3) is 5.69 Å². The van der Waals surface area contributed by atoms with Crippen LogP contribution in [0.25, 0.3) is 0 Å². The Morgan fingerprint density at radius 2 is 1.85 bits per heavy atom. The molecule has 26 heavy (non-hydrogen) atoms. The van der Waals surface area contributed by atoms with Crippen LogP contribution in [0.1, 0.15) is 29.9 Å². The predicted molar refractivity (Wildman–Crippen MR) is 98.5 cm³/mol. The number of nitrogens with one attached hydrogen (secondary N) is 1. The predicted octanol–water partition coefficient (Wildman–Crippen LogP) is 2.74. The molecule has 1 unspecified atom stereocenters. The van der Waals surface area contributed by atoms with Crippen LogP contribution in [0.2, 0.25) is 0 Å². The summed E-state index contributed by atoms with van der Waals surface area (Å²) in [5.41, 5.74) is 1.21. The Kier molecular flexibility index (Phi) is 6.84. The van der Waals surface area contributed by atoms with Crippen molar-refractivity contribution in [2.75, 3.05) is 13.2 Å². The van der Waals surface area contributed by atoms with Crippen molar-refractivity contribution < 1.29 is 18.4 Å². The highest BCUT2D eigenvalue weighted by Crippen LogP contribution is 2.24. The molecule has 0 spiro atoms. The van der Waals surface area contributed by atoms with Gasteiger partial charge in [0.05, 0.1) is 9.82 Å². The van der Waals surface area contributed by atoms with E-state index in [1.807, 2.05) is 30.3 Å². The molecule has 0 radical (unpaired) electrons. The number of nitro groups is 1. The minimum absolute atomic E-state index is 0.0102. The van der Waals surface area contributed by atoms with E-state index in [1.54, 1.807) is 6.92 Å². The molecule has 1 atom stereocenters. The van der Waals surface area contributed by atoms with Crippen LogP contribution in [0, 0.1) is 17.0 Å². The lowest BCUT2D eigenvalue weighted by atomic mass is 9.93. The minimum Gasteiger partial charge on any atom is -0.396 e. The van der Waals surface area contributed by atoms with Gasteiger partial charge in [-0.25, -0.2) is 13.1 Å². The molecule has 0 fully saturated rings. The molecule has 140 valence electrons. The van der Waals surface area contributed by atoms with Crippen LogP contribution in [0.3, 0.4) is 0 Å². The van der Waals surface area contributed by atoms with Crippen molar-refractivity contribution in [2.45, 2.75) is 30.6 Å². The smallest absolute Gasteiger partial charge is 0.270 e. The molecule has 0 aliphatic rings. The topological polar surface area (TPSA) is 110 Å². The second-order valence-electron chi connectivity index (χ2n) is 6.01. The monoisotopic (exact) mass is 378 g/mol. The van der Waals surface area contributed by atoms with Gasteiger partial charge in [0.15, 0.2) is 0 Å². The van der Waals surface area contributed by atoms with Crippen LogP contribution in [0.5, 0.6) is 0 Å². The van der Waals surface area contributed by atoms with Gasteiger partial charge in [0.2, 0.25) is 10.0 Å². The van der Waals surface area contributed by atoms with Gasteiger partial charge in [-0.1, -0.05) is 36.4 Å². The van der Waals surface area contributed by atoms with Crippen molar-refractivity contribution in [3.63, 3.8) is 0 Å². The Bertz CT molecular complexity index is 853. The number of aliphatic hydroxyl groups excluding tert-OH is 1. The van der Waals surface area contributed by atoms with E-state index in [9.17, 15) is 23.6 Å². The largest absolute Gasteiger partial charge is 0.396 e. The second kappa shape index (κ2) is 8.88. The normalized spacial score (nSPS) is 12.7. The first kappa shape index (κ1) is 20.0. The van der Waals surface area contributed by atoms with E-state index in [-0.39, 0.29) is 29.7 Å². The van der Waals surface area contributed by atoms with Crippen LogP contribution in [0.4, 0.5) is 5.69 Å². The molecule has 0 heterocycles. The zero-order valence-corrected chi connectivity index (χ0v) is 15.3. The number of hydrogen-bond donors (Lipinski definition) is 2. The average Bonchev–Trinajstić information content (AvgIpc) is 2.61. The van der Waals surface area contributed by atoms with Crippen molar-refractivity contribution in [1.29, 1.82) is 0 Å². The van der Waals surface area contributed by atoms with Crippen molar-refractivity contribution in [3.05, 3.63) is 69.8 Å². The van der Waals surface area contributed by atoms with Gasteiger partial charge in [0, 0.05) is 25.3 Å². The lowest BCUT2D eigenvalue weighted by Gasteiger charge is -2.17. The summed E-state index contributed by atoms with van der Waals surface area (Å²) in [7, 11) is -3.86. The van der Waals surface area contributed by atoms with Gasteiger partial charge >= 0.3 is 0 Å². The molecule has 0 aromatic heterocycles. The first-order valence-electron chi connectivity index (χ1n) is 8.25. The van der Waals surface area contributed by atoms with Crippen LogP contribution in [-0.2, 0) is 10.0 Å². The molecular formula is C18H22N2O5S. The van der Waals surface area contributed by atoms with E-state index in [0.29, 0.717) is 18.4 Å². The fourth-order valence-corrected chi connectivity index (χ4v) is 4.11. The molecule has 0 bridgehead atoms. The summed E-state index contributed by atoms with van der Waals surface area (Å²) in [6.45, 7) is 1.77. The lowest BCUT2D eigenvalue weighted by Crippen LogP contribution is -2.26. The first-order valence-corrected chi connectivity index (χ1v) is 9.74. The number of nitrogens with zero attached hydrogens (tertiary/aromatic N) is 1. The number of hydrogen-bond acceptors (Lipinski definition) is 5. The molecule has 0 amide bonds. The number of aliphatic hydroxyl groups is 1. The maximum atomic E-state index is 12.5. The fraction of sp³-hybridized carbons (Fsp3) is 0.333. The number of non-ortho nitro benzene ring substituents is 1. The van der Waals surface area contributed by atoms with E-state index in [4.69, 9.17) is 0 Å². The highest BCUT2D eigenvalue weighted by Gasteiger charge is 2.21. The molecule has 0 aliphatic carbocycles. The van der Waals surface area contributed by atoms with Gasteiger partial charge in [-0.05, 0) is 36.8 Å². The summed E-state index contributed by atoms with van der Waals surface area (Å²) in [6, 6.07) is 13.4. The van der Waals surface area contributed by atoms with E-state index >= 15 is 0 Å². The van der Waals surface area contributed by atoms with Gasteiger partial charge in [0.1, 0.15) is 0 Å². The van der Waals surface area contributed by atoms with Gasteiger partial charge < -0.3 is 5.11 Å². The van der Waals surface area contributed by atoms with Crippen molar-refractivity contribution in [3.8, 4) is 0 Å². The third kappa shape index (κ3) is 5.10. The fourth-order valence-electron chi connectivity index (χ4n) is 2.80. The highest BCUT2D eigenvalue weighted by molar-refractivity contribution is 7.89. The van der Waals surface area contributed by atoms with Crippen molar-refractivity contribution in [2.24, 2.45) is 0 Å². The number of rotatable bonds is 9. The molecule has 8 heteroatoms. The molecule has 0 saturated carbocycles. The summed E-state index contributed by atoms with van der Waals surface area (Å²) >= 11 is 0. The maximum absolute atomic E-state index is 12.5. The van der Waals surface area contributed by atoms with E-state index < -0.39 is 14.9 Å². The van der Waals surface area contributed by atoms with Crippen LogP contribution in [-0.4, -0.2) is 31.6 Å². The second-order valence-corrected chi connectivity index (χ2v) is 7.75. The van der Waals surface area contributed by atoms with Gasteiger partial charge in [-0.2, -0.15) is 0 Å². The number of sulfonamides is 1. The SMILES string of the molecule is Cc1ccc([N+](=O)[O-])cc1S(=O)(=O)NCCC(CCO)c1ccccc1. The minimum atomic E-state index is -3.86. The van der Waals surface area contributed by atoms with Crippen molar-refractivity contribution in [1.82, 2.24) is 4.72 Å². The molecular weight excluding hydrogens is 356 g/mol. The third-order valence-electron chi connectivity index (χ3n) is 4.21. The maximum Gasteiger partial charge on any atom is 0.270 e. The highest BCUT2D eigenvalue weighted by atomic mass is 32.2. The van der Waals surface area contributed by atoms with E-state index in [1.165, 1.54) is 12.1 Å². The van der Waals surface area contributed by atoms with E-state index in [2.05, 4.69) is 4.72 Å². The molecule has 2 rings (SSSR count). The summed E-state index contributed by atoms with van der Waals surface area (Å²) in [5.74, 6) is 0.0232.